The Morgan fingerprint density at radius 3 is 2.68 bits per heavy atom. The van der Waals surface area contributed by atoms with Gasteiger partial charge < -0.3 is 10.6 Å². The zero-order valence-corrected chi connectivity index (χ0v) is 11.3. The van der Waals surface area contributed by atoms with Crippen molar-refractivity contribution in [2.75, 3.05) is 5.32 Å². The molecule has 2 bridgehead atoms. The SMILES string of the molecule is Fc1ccc(NC(=S)N[C@H]2C[C@@H]3CC[C@@H]2C3)c(F)c1. The molecule has 0 saturated heterocycles. The Kier molecular flexibility index (Phi) is 3.39. The van der Waals surface area contributed by atoms with Crippen molar-refractivity contribution in [3.05, 3.63) is 29.8 Å². The zero-order chi connectivity index (χ0) is 13.4. The van der Waals surface area contributed by atoms with Gasteiger partial charge in [-0.1, -0.05) is 6.42 Å². The second-order valence-electron chi connectivity index (χ2n) is 5.50. The van der Waals surface area contributed by atoms with Crippen LogP contribution in [0.15, 0.2) is 18.2 Å². The van der Waals surface area contributed by atoms with Crippen molar-refractivity contribution in [2.24, 2.45) is 11.8 Å². The van der Waals surface area contributed by atoms with Gasteiger partial charge in [0.1, 0.15) is 11.6 Å². The number of halogens is 2. The highest BCUT2D eigenvalue weighted by Crippen LogP contribution is 2.44. The number of anilines is 1. The molecule has 1 aromatic rings. The highest BCUT2D eigenvalue weighted by atomic mass is 32.1. The number of rotatable bonds is 2. The summed E-state index contributed by atoms with van der Waals surface area (Å²) < 4.78 is 26.3. The third kappa shape index (κ3) is 2.71. The van der Waals surface area contributed by atoms with Crippen LogP contribution in [0.5, 0.6) is 0 Å². The molecule has 3 rings (SSSR count). The Labute approximate surface area is 116 Å². The van der Waals surface area contributed by atoms with Gasteiger partial charge in [-0.15, -0.1) is 0 Å². The molecule has 0 aliphatic heterocycles. The van der Waals surface area contributed by atoms with Crippen LogP contribution in [0.4, 0.5) is 14.5 Å². The van der Waals surface area contributed by atoms with Crippen LogP contribution in [-0.4, -0.2) is 11.2 Å². The standard InChI is InChI=1S/C14H16F2N2S/c15-10-3-4-12(11(16)7-10)17-14(19)18-13-6-8-1-2-9(13)5-8/h3-4,7-9,13H,1-2,5-6H2,(H2,17,18,19)/t8-,9-,13+/m1/s1. The van der Waals surface area contributed by atoms with E-state index >= 15 is 0 Å². The van der Waals surface area contributed by atoms with Crippen LogP contribution in [-0.2, 0) is 0 Å². The Bertz CT molecular complexity index is 506. The molecular weight excluding hydrogens is 266 g/mol. The van der Waals surface area contributed by atoms with Gasteiger partial charge in [0.2, 0.25) is 0 Å². The van der Waals surface area contributed by atoms with Crippen molar-refractivity contribution in [1.82, 2.24) is 5.32 Å². The molecule has 0 heterocycles. The van der Waals surface area contributed by atoms with Crippen LogP contribution in [0.25, 0.3) is 0 Å². The van der Waals surface area contributed by atoms with Crippen molar-refractivity contribution >= 4 is 23.0 Å². The third-order valence-corrected chi connectivity index (χ3v) is 4.45. The minimum absolute atomic E-state index is 0.210. The minimum atomic E-state index is -0.628. The van der Waals surface area contributed by atoms with Crippen LogP contribution in [0.1, 0.15) is 25.7 Å². The predicted molar refractivity (Wildman–Crippen MR) is 75.0 cm³/mol. The van der Waals surface area contributed by atoms with Gasteiger partial charge in [-0.3, -0.25) is 0 Å². The Morgan fingerprint density at radius 2 is 2.05 bits per heavy atom. The molecule has 3 atom stereocenters. The molecule has 0 unspecified atom stereocenters. The number of benzene rings is 1. The Balaban J connectivity index is 1.59. The van der Waals surface area contributed by atoms with Crippen molar-refractivity contribution < 1.29 is 8.78 Å². The molecule has 0 amide bonds. The van der Waals surface area contributed by atoms with Crippen molar-refractivity contribution in [2.45, 2.75) is 31.7 Å². The maximum atomic E-state index is 13.5. The Hall–Kier alpha value is -1.23. The first-order chi connectivity index (χ1) is 9.11. The lowest BCUT2D eigenvalue weighted by atomic mass is 9.96. The van der Waals surface area contributed by atoms with Crippen LogP contribution >= 0.6 is 12.2 Å². The molecular formula is C14H16F2N2S. The number of nitrogens with one attached hydrogen (secondary N) is 2. The van der Waals surface area contributed by atoms with Crippen molar-refractivity contribution in [3.63, 3.8) is 0 Å². The van der Waals surface area contributed by atoms with Crippen molar-refractivity contribution in [3.8, 4) is 0 Å². The second-order valence-corrected chi connectivity index (χ2v) is 5.91. The van der Waals surface area contributed by atoms with Crippen molar-refractivity contribution in [1.29, 1.82) is 0 Å². The highest BCUT2D eigenvalue weighted by molar-refractivity contribution is 7.80. The smallest absolute Gasteiger partial charge is 0.171 e. The predicted octanol–water partition coefficient (Wildman–Crippen LogP) is 3.44. The van der Waals surface area contributed by atoms with Gasteiger partial charge in [0.25, 0.3) is 0 Å². The van der Waals surface area contributed by atoms with E-state index in [0.29, 0.717) is 17.1 Å². The maximum absolute atomic E-state index is 13.5. The molecule has 0 aromatic heterocycles. The second kappa shape index (κ2) is 5.04. The molecule has 2 saturated carbocycles. The molecule has 0 radical (unpaired) electrons. The van der Waals surface area contributed by atoms with E-state index < -0.39 is 11.6 Å². The van der Waals surface area contributed by atoms with E-state index in [1.807, 2.05) is 0 Å². The molecule has 5 heteroatoms. The maximum Gasteiger partial charge on any atom is 0.171 e. The summed E-state index contributed by atoms with van der Waals surface area (Å²) in [6.07, 6.45) is 5.02. The number of hydrogen-bond donors (Lipinski definition) is 2. The summed E-state index contributed by atoms with van der Waals surface area (Å²) in [6, 6.07) is 3.83. The van der Waals surface area contributed by atoms with Gasteiger partial charge in [-0.2, -0.15) is 0 Å². The first kappa shape index (κ1) is 12.8. The molecule has 2 nitrogen and oxygen atoms in total. The van der Waals surface area contributed by atoms with E-state index in [2.05, 4.69) is 10.6 Å². The minimum Gasteiger partial charge on any atom is -0.359 e. The van der Waals surface area contributed by atoms with Gasteiger partial charge in [0.05, 0.1) is 5.69 Å². The van der Waals surface area contributed by atoms with E-state index in [0.717, 1.165) is 18.4 Å². The topological polar surface area (TPSA) is 24.1 Å². The molecule has 2 aliphatic carbocycles. The average molecular weight is 282 g/mol. The first-order valence-corrected chi connectivity index (χ1v) is 7.05. The van der Waals surface area contributed by atoms with Gasteiger partial charge in [0, 0.05) is 12.1 Å². The molecule has 0 spiro atoms. The van der Waals surface area contributed by atoms with Crippen LogP contribution in [0.3, 0.4) is 0 Å². The lowest BCUT2D eigenvalue weighted by Crippen LogP contribution is -2.40. The van der Waals surface area contributed by atoms with Gasteiger partial charge in [-0.25, -0.2) is 8.78 Å². The van der Waals surface area contributed by atoms with Crippen LogP contribution in [0, 0.1) is 23.5 Å². The lowest BCUT2D eigenvalue weighted by Gasteiger charge is -2.24. The summed E-state index contributed by atoms with van der Waals surface area (Å²) in [5, 5.41) is 6.48. The molecule has 2 aliphatic rings. The highest BCUT2D eigenvalue weighted by Gasteiger charge is 2.39. The lowest BCUT2D eigenvalue weighted by molar-refractivity contribution is 0.391. The van der Waals surface area contributed by atoms with E-state index in [1.54, 1.807) is 0 Å². The summed E-state index contributed by atoms with van der Waals surface area (Å²) in [7, 11) is 0. The molecule has 19 heavy (non-hydrogen) atoms. The van der Waals surface area contributed by atoms with E-state index in [-0.39, 0.29) is 5.69 Å². The monoisotopic (exact) mass is 282 g/mol. The summed E-state index contributed by atoms with van der Waals surface area (Å²) in [5.41, 5.74) is 0.210. The first-order valence-electron chi connectivity index (χ1n) is 6.64. The van der Waals surface area contributed by atoms with Gasteiger partial charge >= 0.3 is 0 Å². The quantitative estimate of drug-likeness (QED) is 0.813. The van der Waals surface area contributed by atoms with E-state index in [4.69, 9.17) is 12.2 Å². The normalized spacial score (nSPS) is 28.4. The third-order valence-electron chi connectivity index (χ3n) is 4.23. The summed E-state index contributed by atoms with van der Waals surface area (Å²) in [6.45, 7) is 0. The molecule has 102 valence electrons. The number of fused-ring (bicyclic) bond motifs is 2. The van der Waals surface area contributed by atoms with Crippen LogP contribution in [0.2, 0.25) is 0 Å². The summed E-state index contributed by atoms with van der Waals surface area (Å²) in [5.74, 6) is 0.308. The largest absolute Gasteiger partial charge is 0.359 e. The van der Waals surface area contributed by atoms with Crippen LogP contribution < -0.4 is 10.6 Å². The number of thiocarbonyl (C=S) groups is 1. The molecule has 2 fully saturated rings. The Morgan fingerprint density at radius 1 is 1.21 bits per heavy atom. The zero-order valence-electron chi connectivity index (χ0n) is 10.5. The molecule has 1 aromatic carbocycles. The fourth-order valence-electron chi connectivity index (χ4n) is 3.34. The summed E-state index contributed by atoms with van der Waals surface area (Å²) >= 11 is 5.20. The van der Waals surface area contributed by atoms with E-state index in [9.17, 15) is 8.78 Å². The van der Waals surface area contributed by atoms with Gasteiger partial charge in [-0.05, 0) is 55.4 Å². The number of hydrogen-bond acceptors (Lipinski definition) is 1. The van der Waals surface area contributed by atoms with Gasteiger partial charge in [0.15, 0.2) is 5.11 Å². The summed E-state index contributed by atoms with van der Waals surface area (Å²) in [4.78, 5) is 0. The molecule has 2 N–H and O–H groups in total. The fourth-order valence-corrected chi connectivity index (χ4v) is 3.60. The average Bonchev–Trinajstić information content (AvgIpc) is 2.95. The fraction of sp³-hybridized carbons (Fsp3) is 0.500. The van der Waals surface area contributed by atoms with E-state index in [1.165, 1.54) is 31.4 Å².